The molecule has 14 heavy (non-hydrogen) atoms. The van der Waals surface area contributed by atoms with E-state index in [9.17, 15) is 8.42 Å². The molecule has 3 nitrogen and oxygen atoms in total. The molecule has 0 radical (unpaired) electrons. The maximum absolute atomic E-state index is 11.1. The highest BCUT2D eigenvalue weighted by atomic mass is 32.2. The van der Waals surface area contributed by atoms with Crippen LogP contribution in [0.5, 0.6) is 0 Å². The predicted molar refractivity (Wildman–Crippen MR) is 59.9 cm³/mol. The predicted octanol–water partition coefficient (Wildman–Crippen LogP) is 1.99. The lowest BCUT2D eigenvalue weighted by Gasteiger charge is -2.19. The third kappa shape index (κ3) is 3.40. The lowest BCUT2D eigenvalue weighted by molar-refractivity contribution is 0.471. The van der Waals surface area contributed by atoms with Crippen LogP contribution in [0.1, 0.15) is 24.8 Å². The van der Waals surface area contributed by atoms with Crippen molar-refractivity contribution in [3.05, 3.63) is 22.4 Å². The molecule has 0 fully saturated rings. The van der Waals surface area contributed by atoms with Crippen LogP contribution in [-0.4, -0.2) is 14.7 Å². The minimum Gasteiger partial charge on any atom is -0.213 e. The molecule has 0 saturated carbocycles. The first kappa shape index (κ1) is 11.7. The molecular weight excluding hydrogens is 218 g/mol. The van der Waals surface area contributed by atoms with E-state index >= 15 is 0 Å². The average molecular weight is 233 g/mol. The minimum absolute atomic E-state index is 0.106. The Balaban J connectivity index is 2.87. The van der Waals surface area contributed by atoms with Gasteiger partial charge in [0, 0.05) is 4.88 Å². The fourth-order valence-corrected chi connectivity index (χ4v) is 3.11. The standard InChI is InChI=1S/C9H15NO2S2/c1-7(2)9(10-14(3,11)12)8-5-4-6-13-8/h4-7,9-10H,1-3H3. The zero-order chi connectivity index (χ0) is 10.8. The molecule has 0 amide bonds. The van der Waals surface area contributed by atoms with Crippen molar-refractivity contribution in [3.8, 4) is 0 Å². The third-order valence-corrected chi connectivity index (χ3v) is 3.49. The van der Waals surface area contributed by atoms with E-state index in [2.05, 4.69) is 4.72 Å². The number of nitrogens with one attached hydrogen (secondary N) is 1. The van der Waals surface area contributed by atoms with Crippen molar-refractivity contribution >= 4 is 21.4 Å². The fourth-order valence-electron chi connectivity index (χ4n) is 1.22. The fraction of sp³-hybridized carbons (Fsp3) is 0.556. The summed E-state index contributed by atoms with van der Waals surface area (Å²) in [6.07, 6.45) is 1.19. The van der Waals surface area contributed by atoms with Gasteiger partial charge in [0.2, 0.25) is 10.0 Å². The molecule has 0 bridgehead atoms. The second-order valence-corrected chi connectivity index (χ2v) is 6.39. The Hall–Kier alpha value is -0.390. The molecule has 0 aromatic carbocycles. The zero-order valence-corrected chi connectivity index (χ0v) is 10.2. The largest absolute Gasteiger partial charge is 0.213 e. The highest BCUT2D eigenvalue weighted by Gasteiger charge is 2.20. The first-order valence-electron chi connectivity index (χ1n) is 4.41. The molecule has 0 spiro atoms. The monoisotopic (exact) mass is 233 g/mol. The summed E-state index contributed by atoms with van der Waals surface area (Å²) in [7, 11) is -3.14. The van der Waals surface area contributed by atoms with Crippen molar-refractivity contribution in [2.75, 3.05) is 6.26 Å². The summed E-state index contributed by atoms with van der Waals surface area (Å²) in [4.78, 5) is 1.06. The van der Waals surface area contributed by atoms with Crippen molar-refractivity contribution in [2.24, 2.45) is 5.92 Å². The smallest absolute Gasteiger partial charge is 0.209 e. The molecule has 80 valence electrons. The second kappa shape index (κ2) is 4.42. The molecule has 0 aliphatic heterocycles. The summed E-state index contributed by atoms with van der Waals surface area (Å²) in [5.74, 6) is 0.253. The quantitative estimate of drug-likeness (QED) is 0.864. The highest BCUT2D eigenvalue weighted by Crippen LogP contribution is 2.26. The van der Waals surface area contributed by atoms with Gasteiger partial charge in [-0.05, 0) is 17.4 Å². The summed E-state index contributed by atoms with van der Waals surface area (Å²) in [6, 6.07) is 3.78. The van der Waals surface area contributed by atoms with Crippen LogP contribution >= 0.6 is 11.3 Å². The van der Waals surface area contributed by atoms with E-state index in [1.54, 1.807) is 11.3 Å². The Morgan fingerprint density at radius 3 is 2.43 bits per heavy atom. The van der Waals surface area contributed by atoms with E-state index in [1.165, 1.54) is 6.26 Å². The summed E-state index contributed by atoms with van der Waals surface area (Å²) in [5.41, 5.74) is 0. The molecule has 0 aliphatic rings. The molecule has 5 heteroatoms. The van der Waals surface area contributed by atoms with E-state index in [4.69, 9.17) is 0 Å². The number of hydrogen-bond acceptors (Lipinski definition) is 3. The lowest BCUT2D eigenvalue weighted by atomic mass is 10.0. The minimum atomic E-state index is -3.14. The first-order chi connectivity index (χ1) is 6.40. The maximum atomic E-state index is 11.1. The van der Waals surface area contributed by atoms with Gasteiger partial charge in [-0.2, -0.15) is 0 Å². The zero-order valence-electron chi connectivity index (χ0n) is 8.52. The molecule has 1 rings (SSSR count). The van der Waals surface area contributed by atoms with Crippen LogP contribution in [0.15, 0.2) is 17.5 Å². The van der Waals surface area contributed by atoms with Crippen LogP contribution in [0.3, 0.4) is 0 Å². The van der Waals surface area contributed by atoms with Crippen molar-refractivity contribution < 1.29 is 8.42 Å². The highest BCUT2D eigenvalue weighted by molar-refractivity contribution is 7.88. The van der Waals surface area contributed by atoms with Crippen molar-refractivity contribution in [1.82, 2.24) is 4.72 Å². The van der Waals surface area contributed by atoms with Crippen LogP contribution in [0.4, 0.5) is 0 Å². The molecule has 1 aromatic heterocycles. The van der Waals surface area contributed by atoms with Crippen molar-refractivity contribution in [2.45, 2.75) is 19.9 Å². The molecule has 0 aliphatic carbocycles. The Bertz CT molecular complexity index is 368. The molecular formula is C9H15NO2S2. The van der Waals surface area contributed by atoms with E-state index in [0.29, 0.717) is 0 Å². The maximum Gasteiger partial charge on any atom is 0.209 e. The number of thiophene rings is 1. The van der Waals surface area contributed by atoms with Crippen LogP contribution in [0.25, 0.3) is 0 Å². The number of hydrogen-bond donors (Lipinski definition) is 1. The van der Waals surface area contributed by atoms with Crippen LogP contribution in [-0.2, 0) is 10.0 Å². The van der Waals surface area contributed by atoms with Gasteiger partial charge in [0.05, 0.1) is 12.3 Å². The van der Waals surface area contributed by atoms with E-state index in [0.717, 1.165) is 4.88 Å². The van der Waals surface area contributed by atoms with Gasteiger partial charge in [-0.25, -0.2) is 13.1 Å². The lowest BCUT2D eigenvalue weighted by Crippen LogP contribution is -2.30. The van der Waals surface area contributed by atoms with Gasteiger partial charge in [-0.15, -0.1) is 11.3 Å². The van der Waals surface area contributed by atoms with Crippen LogP contribution in [0.2, 0.25) is 0 Å². The van der Waals surface area contributed by atoms with Crippen molar-refractivity contribution in [1.29, 1.82) is 0 Å². The average Bonchev–Trinajstić information content (AvgIpc) is 2.49. The molecule has 1 aromatic rings. The summed E-state index contributed by atoms with van der Waals surface area (Å²) in [6.45, 7) is 4.01. The summed E-state index contributed by atoms with van der Waals surface area (Å²) in [5, 5.41) is 1.95. The number of rotatable bonds is 4. The van der Waals surface area contributed by atoms with Gasteiger partial charge in [0.25, 0.3) is 0 Å². The van der Waals surface area contributed by atoms with Crippen LogP contribution < -0.4 is 4.72 Å². The molecule has 1 N–H and O–H groups in total. The van der Waals surface area contributed by atoms with Crippen LogP contribution in [0, 0.1) is 5.92 Å². The van der Waals surface area contributed by atoms with E-state index in [1.807, 2.05) is 31.4 Å². The molecule has 1 heterocycles. The van der Waals surface area contributed by atoms with Gasteiger partial charge in [-0.3, -0.25) is 0 Å². The SMILES string of the molecule is CC(C)C(NS(C)(=O)=O)c1cccs1. The Kier molecular flexibility index (Phi) is 3.69. The summed E-state index contributed by atoms with van der Waals surface area (Å²) >= 11 is 1.57. The molecule has 1 unspecified atom stereocenters. The van der Waals surface area contributed by atoms with Gasteiger partial charge in [0.15, 0.2) is 0 Å². The Morgan fingerprint density at radius 2 is 2.07 bits per heavy atom. The molecule has 1 atom stereocenters. The topological polar surface area (TPSA) is 46.2 Å². The first-order valence-corrected chi connectivity index (χ1v) is 7.18. The summed E-state index contributed by atoms with van der Waals surface area (Å²) < 4.78 is 24.9. The van der Waals surface area contributed by atoms with Gasteiger partial charge in [-0.1, -0.05) is 19.9 Å². The van der Waals surface area contributed by atoms with Gasteiger partial charge < -0.3 is 0 Å². The van der Waals surface area contributed by atoms with E-state index < -0.39 is 10.0 Å². The Morgan fingerprint density at radius 1 is 1.43 bits per heavy atom. The van der Waals surface area contributed by atoms with Gasteiger partial charge in [0.1, 0.15) is 0 Å². The second-order valence-electron chi connectivity index (χ2n) is 3.63. The molecule has 0 saturated heterocycles. The third-order valence-electron chi connectivity index (χ3n) is 1.86. The Labute approximate surface area is 89.2 Å². The van der Waals surface area contributed by atoms with E-state index in [-0.39, 0.29) is 12.0 Å². The van der Waals surface area contributed by atoms with Crippen molar-refractivity contribution in [3.63, 3.8) is 0 Å². The number of sulfonamides is 1. The van der Waals surface area contributed by atoms with Gasteiger partial charge >= 0.3 is 0 Å². The normalized spacial score (nSPS) is 14.6.